The molecular weight excluding hydrogens is 174 g/mol. The summed E-state index contributed by atoms with van der Waals surface area (Å²) in [5, 5.41) is 19.9. The maximum atomic E-state index is 10.5. The highest BCUT2D eigenvalue weighted by atomic mass is 16.3. The summed E-state index contributed by atoms with van der Waals surface area (Å²) in [6.07, 6.45) is 7.45. The van der Waals surface area contributed by atoms with Gasteiger partial charge in [0.1, 0.15) is 0 Å². The zero-order valence-electron chi connectivity index (χ0n) is 8.92. The number of nitrogens with zero attached hydrogens (tertiary/aromatic N) is 1. The van der Waals surface area contributed by atoms with Crippen LogP contribution in [0.4, 0.5) is 0 Å². The van der Waals surface area contributed by atoms with E-state index in [1.165, 1.54) is 6.42 Å². The monoisotopic (exact) mass is 193 g/mol. The van der Waals surface area contributed by atoms with Gasteiger partial charge in [0.2, 0.25) is 0 Å². The molecule has 2 rings (SSSR count). The predicted octanol–water partition coefficient (Wildman–Crippen LogP) is 2.62. The summed E-state index contributed by atoms with van der Waals surface area (Å²) in [6, 6.07) is 2.43. The van der Waals surface area contributed by atoms with Crippen LogP contribution in [-0.2, 0) is 0 Å². The van der Waals surface area contributed by atoms with Gasteiger partial charge < -0.3 is 5.11 Å². The van der Waals surface area contributed by atoms with E-state index in [2.05, 4.69) is 6.07 Å². The summed E-state index contributed by atoms with van der Waals surface area (Å²) in [5.74, 6) is 0.389. The van der Waals surface area contributed by atoms with Crippen molar-refractivity contribution in [3.05, 3.63) is 0 Å². The predicted molar refractivity (Wildman–Crippen MR) is 54.5 cm³/mol. The van der Waals surface area contributed by atoms with Gasteiger partial charge in [-0.05, 0) is 38.5 Å². The maximum Gasteiger partial charge on any atom is 0.0860 e. The van der Waals surface area contributed by atoms with Crippen molar-refractivity contribution < 1.29 is 5.11 Å². The maximum absolute atomic E-state index is 10.5. The van der Waals surface area contributed by atoms with Crippen LogP contribution in [0.3, 0.4) is 0 Å². The normalized spacial score (nSPS) is 30.4. The minimum atomic E-state index is -0.734. The second-order valence-electron chi connectivity index (χ2n) is 5.18. The molecule has 1 N–H and O–H groups in total. The van der Waals surface area contributed by atoms with Crippen LogP contribution >= 0.6 is 0 Å². The molecule has 2 saturated carbocycles. The molecule has 0 aromatic heterocycles. The fourth-order valence-corrected chi connectivity index (χ4v) is 2.92. The van der Waals surface area contributed by atoms with Crippen LogP contribution < -0.4 is 0 Å². The number of aliphatic hydroxyl groups is 1. The minimum Gasteiger partial charge on any atom is -0.388 e. The van der Waals surface area contributed by atoms with Crippen molar-refractivity contribution in [2.45, 2.75) is 57.5 Å². The van der Waals surface area contributed by atoms with Crippen LogP contribution in [0.15, 0.2) is 0 Å². The summed E-state index contributed by atoms with van der Waals surface area (Å²) in [6.45, 7) is 1.89. The summed E-state index contributed by atoms with van der Waals surface area (Å²) in [5.41, 5.74) is -1.17. The number of hydrogen-bond donors (Lipinski definition) is 1. The van der Waals surface area contributed by atoms with Gasteiger partial charge in [-0.2, -0.15) is 5.26 Å². The van der Waals surface area contributed by atoms with E-state index >= 15 is 0 Å². The molecule has 78 valence electrons. The first-order valence-corrected chi connectivity index (χ1v) is 5.76. The van der Waals surface area contributed by atoms with Gasteiger partial charge in [-0.15, -0.1) is 0 Å². The van der Waals surface area contributed by atoms with E-state index in [1.807, 2.05) is 6.92 Å². The van der Waals surface area contributed by atoms with Gasteiger partial charge in [-0.1, -0.05) is 19.3 Å². The van der Waals surface area contributed by atoms with E-state index in [-0.39, 0.29) is 0 Å². The average molecular weight is 193 g/mol. The Morgan fingerprint density at radius 3 is 2.29 bits per heavy atom. The lowest BCUT2D eigenvalue weighted by Crippen LogP contribution is -2.48. The molecule has 0 bridgehead atoms. The molecule has 14 heavy (non-hydrogen) atoms. The molecule has 0 aliphatic heterocycles. The molecule has 0 aromatic carbocycles. The highest BCUT2D eigenvalue weighted by Crippen LogP contribution is 2.54. The molecule has 2 heteroatoms. The first kappa shape index (κ1) is 9.98. The molecule has 2 nitrogen and oxygen atoms in total. The van der Waals surface area contributed by atoms with Crippen molar-refractivity contribution in [3.8, 4) is 6.07 Å². The fourth-order valence-electron chi connectivity index (χ4n) is 2.92. The third-order valence-electron chi connectivity index (χ3n) is 4.26. The lowest BCUT2D eigenvalue weighted by molar-refractivity contribution is -0.0749. The van der Waals surface area contributed by atoms with Gasteiger partial charge in [0.25, 0.3) is 0 Å². The van der Waals surface area contributed by atoms with Crippen molar-refractivity contribution in [1.29, 1.82) is 5.26 Å². The van der Waals surface area contributed by atoms with Gasteiger partial charge in [0.15, 0.2) is 0 Å². The summed E-state index contributed by atoms with van der Waals surface area (Å²) in [7, 11) is 0. The summed E-state index contributed by atoms with van der Waals surface area (Å²) in [4.78, 5) is 0. The Labute approximate surface area is 85.9 Å². The van der Waals surface area contributed by atoms with Crippen LogP contribution in [0.5, 0.6) is 0 Å². The smallest absolute Gasteiger partial charge is 0.0860 e. The first-order valence-electron chi connectivity index (χ1n) is 5.76. The van der Waals surface area contributed by atoms with Gasteiger partial charge in [0.05, 0.1) is 17.1 Å². The largest absolute Gasteiger partial charge is 0.388 e. The molecule has 0 saturated heterocycles. The second-order valence-corrected chi connectivity index (χ2v) is 5.18. The SMILES string of the molecule is CC(O)(C1CC1)C1(C#N)CCCCC1. The summed E-state index contributed by atoms with van der Waals surface area (Å²) < 4.78 is 0. The van der Waals surface area contributed by atoms with Crippen LogP contribution in [0.2, 0.25) is 0 Å². The van der Waals surface area contributed by atoms with E-state index in [0.717, 1.165) is 38.5 Å². The van der Waals surface area contributed by atoms with E-state index in [4.69, 9.17) is 0 Å². The minimum absolute atomic E-state index is 0.389. The molecule has 1 atom stereocenters. The Morgan fingerprint density at radius 1 is 1.29 bits per heavy atom. The molecule has 2 fully saturated rings. The van der Waals surface area contributed by atoms with E-state index in [0.29, 0.717) is 5.92 Å². The lowest BCUT2D eigenvalue weighted by atomic mass is 9.63. The molecule has 2 aliphatic rings. The molecular formula is C12H19NO. The lowest BCUT2D eigenvalue weighted by Gasteiger charge is -2.43. The zero-order chi connectivity index (χ0) is 10.2. The molecule has 2 aliphatic carbocycles. The second kappa shape index (κ2) is 3.24. The Bertz CT molecular complexity index is 254. The molecule has 0 spiro atoms. The van der Waals surface area contributed by atoms with Gasteiger partial charge >= 0.3 is 0 Å². The van der Waals surface area contributed by atoms with Crippen molar-refractivity contribution in [1.82, 2.24) is 0 Å². The van der Waals surface area contributed by atoms with E-state index in [9.17, 15) is 10.4 Å². The van der Waals surface area contributed by atoms with Crippen molar-refractivity contribution in [3.63, 3.8) is 0 Å². The van der Waals surface area contributed by atoms with Crippen LogP contribution in [0.25, 0.3) is 0 Å². The molecule has 0 heterocycles. The van der Waals surface area contributed by atoms with Crippen LogP contribution in [0, 0.1) is 22.7 Å². The third-order valence-corrected chi connectivity index (χ3v) is 4.26. The highest BCUT2D eigenvalue weighted by Gasteiger charge is 2.55. The quantitative estimate of drug-likeness (QED) is 0.732. The Kier molecular flexibility index (Phi) is 2.31. The van der Waals surface area contributed by atoms with Gasteiger partial charge in [0, 0.05) is 0 Å². The fraction of sp³-hybridized carbons (Fsp3) is 0.917. The van der Waals surface area contributed by atoms with Crippen LogP contribution in [-0.4, -0.2) is 10.7 Å². The Hall–Kier alpha value is -0.550. The molecule has 0 radical (unpaired) electrons. The molecule has 0 amide bonds. The average Bonchev–Trinajstić information content (AvgIpc) is 3.02. The van der Waals surface area contributed by atoms with Crippen molar-refractivity contribution in [2.24, 2.45) is 11.3 Å². The van der Waals surface area contributed by atoms with Crippen molar-refractivity contribution in [2.75, 3.05) is 0 Å². The number of rotatable bonds is 2. The molecule has 1 unspecified atom stereocenters. The highest BCUT2D eigenvalue weighted by molar-refractivity contribution is 5.15. The van der Waals surface area contributed by atoms with Gasteiger partial charge in [-0.25, -0.2) is 0 Å². The van der Waals surface area contributed by atoms with Gasteiger partial charge in [-0.3, -0.25) is 0 Å². The summed E-state index contributed by atoms with van der Waals surface area (Å²) >= 11 is 0. The third kappa shape index (κ3) is 1.35. The molecule has 0 aromatic rings. The van der Waals surface area contributed by atoms with E-state index in [1.54, 1.807) is 0 Å². The Morgan fingerprint density at radius 2 is 1.86 bits per heavy atom. The van der Waals surface area contributed by atoms with E-state index < -0.39 is 11.0 Å². The standard InChI is InChI=1S/C12H19NO/c1-11(14,10-5-6-10)12(9-13)7-3-2-4-8-12/h10,14H,2-8H2,1H3. The first-order chi connectivity index (χ1) is 6.62. The topological polar surface area (TPSA) is 44.0 Å². The number of hydrogen-bond acceptors (Lipinski definition) is 2. The number of nitriles is 1. The Balaban J connectivity index is 2.21. The van der Waals surface area contributed by atoms with Crippen LogP contribution in [0.1, 0.15) is 51.9 Å². The zero-order valence-corrected chi connectivity index (χ0v) is 8.92. The van der Waals surface area contributed by atoms with Crippen molar-refractivity contribution >= 4 is 0 Å².